The van der Waals surface area contributed by atoms with Crippen molar-refractivity contribution in [2.75, 3.05) is 19.5 Å². The van der Waals surface area contributed by atoms with Crippen molar-refractivity contribution in [3.8, 4) is 0 Å². The minimum atomic E-state index is -1.10. The van der Waals surface area contributed by atoms with Crippen LogP contribution < -0.4 is 0 Å². The third kappa shape index (κ3) is 5.41. The monoisotopic (exact) mass is 432 g/mol. The maximum atomic E-state index is 13.1. The average Bonchev–Trinajstić information content (AvgIpc) is 3.08. The number of carbonyl (C=O) groups is 1. The van der Waals surface area contributed by atoms with E-state index in [2.05, 4.69) is 0 Å². The van der Waals surface area contributed by atoms with Crippen molar-refractivity contribution in [2.45, 2.75) is 36.4 Å². The van der Waals surface area contributed by atoms with E-state index in [1.807, 2.05) is 42.5 Å². The number of hydrogen-bond acceptors (Lipinski definition) is 5. The molecule has 0 saturated heterocycles. The Bertz CT molecular complexity index is 955. The molecule has 30 heavy (non-hydrogen) atoms. The Morgan fingerprint density at radius 2 is 2.03 bits per heavy atom. The highest BCUT2D eigenvalue weighted by atomic mass is 32.2. The van der Waals surface area contributed by atoms with Crippen LogP contribution in [0.1, 0.15) is 34.6 Å². The molecule has 3 atom stereocenters. The maximum Gasteiger partial charge on any atom is 0.306 e. The number of rotatable bonds is 8. The summed E-state index contributed by atoms with van der Waals surface area (Å²) in [6, 6.07) is 12.8. The molecule has 0 fully saturated rings. The predicted molar refractivity (Wildman–Crippen MR) is 113 cm³/mol. The molecule has 0 aliphatic heterocycles. The highest BCUT2D eigenvalue weighted by Gasteiger charge is 2.30. The van der Waals surface area contributed by atoms with Crippen LogP contribution in [-0.4, -0.2) is 46.0 Å². The molecule has 0 heterocycles. The first-order chi connectivity index (χ1) is 14.4. The Balaban J connectivity index is 1.86. The Morgan fingerprint density at radius 1 is 1.30 bits per heavy atom. The van der Waals surface area contributed by atoms with Crippen LogP contribution in [0.15, 0.2) is 52.9 Å². The number of esters is 1. The van der Waals surface area contributed by atoms with Gasteiger partial charge in [-0.05, 0) is 40.8 Å². The zero-order valence-electron chi connectivity index (χ0n) is 16.7. The van der Waals surface area contributed by atoms with Gasteiger partial charge in [0, 0.05) is 27.9 Å². The van der Waals surface area contributed by atoms with E-state index >= 15 is 0 Å². The van der Waals surface area contributed by atoms with Gasteiger partial charge >= 0.3 is 5.97 Å². The standard InChI is InChI=1S/C23H25FO5S/c1-30(28)20-5-2-15(3-6-20)8-18-10-17-9-16(12-24)4-7-21(17)22(18)11-23(27)29-14-19(26)13-25/h2-9,19,22,25-26H,10-14H2,1H3/b18-8-. The SMILES string of the molecule is CS(=O)c1ccc(/C=C2/Cc3cc(CF)ccc3C2CC(=O)OCC(O)CO)cc1. The summed E-state index contributed by atoms with van der Waals surface area (Å²) in [5.74, 6) is -0.690. The second-order valence-electron chi connectivity index (χ2n) is 7.36. The third-order valence-corrected chi connectivity index (χ3v) is 6.10. The number of alkyl halides is 1. The van der Waals surface area contributed by atoms with Crippen LogP contribution in [0.3, 0.4) is 0 Å². The summed E-state index contributed by atoms with van der Waals surface area (Å²) >= 11 is 0. The van der Waals surface area contributed by atoms with Gasteiger partial charge in [0.25, 0.3) is 0 Å². The molecule has 3 unspecified atom stereocenters. The summed E-state index contributed by atoms with van der Waals surface area (Å²) < 4.78 is 29.8. The number of fused-ring (bicyclic) bond motifs is 1. The van der Waals surface area contributed by atoms with Crippen LogP contribution in [0.5, 0.6) is 0 Å². The smallest absolute Gasteiger partial charge is 0.306 e. The van der Waals surface area contributed by atoms with Gasteiger partial charge < -0.3 is 14.9 Å². The van der Waals surface area contributed by atoms with Crippen LogP contribution >= 0.6 is 0 Å². The van der Waals surface area contributed by atoms with Crippen LogP contribution in [-0.2, 0) is 33.4 Å². The largest absolute Gasteiger partial charge is 0.463 e. The van der Waals surface area contributed by atoms with Crippen molar-refractivity contribution in [1.82, 2.24) is 0 Å². The molecular weight excluding hydrogens is 407 g/mol. The van der Waals surface area contributed by atoms with E-state index in [4.69, 9.17) is 9.84 Å². The first-order valence-electron chi connectivity index (χ1n) is 9.67. The Morgan fingerprint density at radius 3 is 2.67 bits per heavy atom. The number of benzene rings is 2. The fraction of sp³-hybridized carbons (Fsp3) is 0.348. The van der Waals surface area contributed by atoms with E-state index in [0.717, 1.165) is 27.2 Å². The van der Waals surface area contributed by atoms with Gasteiger partial charge in [0.1, 0.15) is 19.4 Å². The lowest BCUT2D eigenvalue weighted by molar-refractivity contribution is -0.147. The van der Waals surface area contributed by atoms with Crippen LogP contribution in [0, 0.1) is 0 Å². The van der Waals surface area contributed by atoms with Crippen LogP contribution in [0.2, 0.25) is 0 Å². The zero-order valence-corrected chi connectivity index (χ0v) is 17.5. The molecule has 0 radical (unpaired) electrons. The summed E-state index contributed by atoms with van der Waals surface area (Å²) in [7, 11) is -1.06. The molecule has 0 aromatic heterocycles. The van der Waals surface area contributed by atoms with E-state index in [1.165, 1.54) is 0 Å². The maximum absolute atomic E-state index is 13.1. The second-order valence-corrected chi connectivity index (χ2v) is 8.74. The van der Waals surface area contributed by atoms with Gasteiger partial charge in [-0.25, -0.2) is 4.39 Å². The fourth-order valence-electron chi connectivity index (χ4n) is 3.61. The van der Waals surface area contributed by atoms with E-state index in [0.29, 0.717) is 12.0 Å². The first kappa shape index (κ1) is 22.3. The number of halogens is 1. The summed E-state index contributed by atoms with van der Waals surface area (Å²) in [6.07, 6.45) is 3.21. The summed E-state index contributed by atoms with van der Waals surface area (Å²) in [6.45, 7) is -1.28. The van der Waals surface area contributed by atoms with Gasteiger partial charge in [-0.3, -0.25) is 9.00 Å². The predicted octanol–water partition coefficient (Wildman–Crippen LogP) is 2.90. The number of aliphatic hydroxyl groups is 2. The molecular formula is C23H25FO5S. The summed E-state index contributed by atoms with van der Waals surface area (Å²) in [5, 5.41) is 18.3. The van der Waals surface area contributed by atoms with Crippen molar-refractivity contribution in [2.24, 2.45) is 0 Å². The molecule has 2 aromatic rings. The van der Waals surface area contributed by atoms with Gasteiger partial charge in [-0.1, -0.05) is 42.0 Å². The molecule has 0 spiro atoms. The Labute approximate surface area is 177 Å². The van der Waals surface area contributed by atoms with Crippen molar-refractivity contribution in [3.63, 3.8) is 0 Å². The molecule has 2 aromatic carbocycles. The first-order valence-corrected chi connectivity index (χ1v) is 11.2. The quantitative estimate of drug-likeness (QED) is 0.627. The molecule has 5 nitrogen and oxygen atoms in total. The van der Waals surface area contributed by atoms with Crippen LogP contribution in [0.4, 0.5) is 4.39 Å². The Hall–Kier alpha value is -2.35. The van der Waals surface area contributed by atoms with Gasteiger partial charge in [0.2, 0.25) is 0 Å². The molecule has 0 saturated carbocycles. The zero-order chi connectivity index (χ0) is 21.7. The highest BCUT2D eigenvalue weighted by molar-refractivity contribution is 7.84. The topological polar surface area (TPSA) is 83.8 Å². The second kappa shape index (κ2) is 10.1. The average molecular weight is 433 g/mol. The van der Waals surface area contributed by atoms with Gasteiger partial charge in [-0.2, -0.15) is 0 Å². The van der Waals surface area contributed by atoms with Crippen molar-refractivity contribution in [1.29, 1.82) is 0 Å². The lowest BCUT2D eigenvalue weighted by atomic mass is 9.92. The van der Waals surface area contributed by atoms with Gasteiger partial charge in [0.15, 0.2) is 0 Å². The number of aliphatic hydroxyl groups excluding tert-OH is 2. The minimum Gasteiger partial charge on any atom is -0.463 e. The lowest BCUT2D eigenvalue weighted by Crippen LogP contribution is -2.22. The molecule has 1 aliphatic carbocycles. The Kier molecular flexibility index (Phi) is 7.53. The van der Waals surface area contributed by atoms with E-state index < -0.39 is 36.2 Å². The van der Waals surface area contributed by atoms with E-state index in [9.17, 15) is 18.5 Å². The molecule has 1 aliphatic rings. The minimum absolute atomic E-state index is 0.0863. The lowest BCUT2D eigenvalue weighted by Gasteiger charge is -2.15. The number of allylic oxidation sites excluding steroid dienone is 1. The van der Waals surface area contributed by atoms with Gasteiger partial charge in [0.05, 0.1) is 13.0 Å². The molecule has 0 amide bonds. The van der Waals surface area contributed by atoms with Crippen molar-refractivity contribution < 1.29 is 28.3 Å². The van der Waals surface area contributed by atoms with E-state index in [1.54, 1.807) is 12.3 Å². The number of ether oxygens (including phenoxy) is 1. The third-order valence-electron chi connectivity index (χ3n) is 5.16. The van der Waals surface area contributed by atoms with Crippen LogP contribution in [0.25, 0.3) is 6.08 Å². The summed E-state index contributed by atoms with van der Waals surface area (Å²) in [4.78, 5) is 13.1. The van der Waals surface area contributed by atoms with Crippen molar-refractivity contribution in [3.05, 3.63) is 70.3 Å². The summed E-state index contributed by atoms with van der Waals surface area (Å²) in [5.41, 5.74) is 4.47. The number of carbonyl (C=O) groups excluding carboxylic acids is 1. The molecule has 2 N–H and O–H groups in total. The fourth-order valence-corrected chi connectivity index (χ4v) is 4.13. The number of hydrogen-bond donors (Lipinski definition) is 2. The highest BCUT2D eigenvalue weighted by Crippen LogP contribution is 2.41. The molecule has 0 bridgehead atoms. The molecule has 7 heteroatoms. The van der Waals surface area contributed by atoms with E-state index in [-0.39, 0.29) is 18.9 Å². The van der Waals surface area contributed by atoms with Gasteiger partial charge in [-0.15, -0.1) is 0 Å². The van der Waals surface area contributed by atoms with Crippen molar-refractivity contribution >= 4 is 22.8 Å². The molecule has 3 rings (SSSR count). The molecule has 160 valence electrons. The normalized spacial score (nSPS) is 18.8.